The van der Waals surface area contributed by atoms with Crippen LogP contribution in [0, 0.1) is 17.9 Å². The van der Waals surface area contributed by atoms with Crippen LogP contribution in [0.1, 0.15) is 78.4 Å². The summed E-state index contributed by atoms with van der Waals surface area (Å²) in [6, 6.07) is 29.1. The Labute approximate surface area is 281 Å². The Balaban J connectivity index is 0.000000249. The molecule has 0 fully saturated rings. The average Bonchev–Trinajstić information content (AvgIpc) is 3.29. The van der Waals surface area contributed by atoms with Crippen LogP contribution in [0.15, 0.2) is 91.0 Å². The number of hydrogen-bond donors (Lipinski definition) is 1. The number of rotatable bonds is 8. The van der Waals surface area contributed by atoms with Crippen LogP contribution in [0.3, 0.4) is 0 Å². The molecule has 1 heterocycles. The Morgan fingerprint density at radius 1 is 0.800 bits per heavy atom. The smallest absolute Gasteiger partial charge is 0.162 e. The summed E-state index contributed by atoms with van der Waals surface area (Å²) in [7, 11) is 0. The van der Waals surface area contributed by atoms with Crippen molar-refractivity contribution in [2.75, 3.05) is 0 Å². The number of aromatic nitrogens is 2. The second kappa shape index (κ2) is 14.6. The zero-order valence-electron chi connectivity index (χ0n) is 27.1. The first-order valence-corrected chi connectivity index (χ1v) is 16.0. The normalized spacial score (nSPS) is 13.3. The van der Waals surface area contributed by atoms with E-state index in [1.807, 2.05) is 27.7 Å². The molecule has 0 saturated heterocycles. The summed E-state index contributed by atoms with van der Waals surface area (Å²) in [4.78, 5) is 21.2. The number of allylic oxidation sites excluding steroid dienone is 2. The molecule has 0 saturated carbocycles. The predicted molar refractivity (Wildman–Crippen MR) is 183 cm³/mol. The van der Waals surface area contributed by atoms with Crippen LogP contribution >= 0.6 is 0 Å². The van der Waals surface area contributed by atoms with Gasteiger partial charge in [-0.1, -0.05) is 108 Å². The maximum absolute atomic E-state index is 11.7. The van der Waals surface area contributed by atoms with Gasteiger partial charge in [-0.05, 0) is 53.3 Å². The zero-order valence-corrected chi connectivity index (χ0v) is 29.5. The Hall–Kier alpha value is -3.66. The third-order valence-corrected chi connectivity index (χ3v) is 9.30. The molecule has 1 radical (unpaired) electrons. The van der Waals surface area contributed by atoms with Gasteiger partial charge < -0.3 is 5.11 Å². The summed E-state index contributed by atoms with van der Waals surface area (Å²) in [6.07, 6.45) is 6.60. The molecule has 0 unspecified atom stereocenters. The third-order valence-electron chi connectivity index (χ3n) is 9.30. The second-order valence-electron chi connectivity index (χ2n) is 12.3. The van der Waals surface area contributed by atoms with Crippen molar-refractivity contribution in [1.29, 1.82) is 0 Å². The van der Waals surface area contributed by atoms with Gasteiger partial charge in [-0.3, -0.25) is 9.78 Å². The number of ketones is 1. The van der Waals surface area contributed by atoms with E-state index in [9.17, 15) is 9.90 Å². The first-order chi connectivity index (χ1) is 21.2. The molecule has 45 heavy (non-hydrogen) atoms. The Morgan fingerprint density at radius 2 is 1.40 bits per heavy atom. The van der Waals surface area contributed by atoms with Crippen molar-refractivity contribution in [3.63, 3.8) is 0 Å². The minimum absolute atomic E-state index is 0. The van der Waals surface area contributed by atoms with Gasteiger partial charge in [0.25, 0.3) is 0 Å². The van der Waals surface area contributed by atoms with Crippen LogP contribution in [0.2, 0.25) is 0 Å². The van der Waals surface area contributed by atoms with Gasteiger partial charge in [-0.15, -0.1) is 29.1 Å². The minimum atomic E-state index is -0.193. The summed E-state index contributed by atoms with van der Waals surface area (Å²) in [5, 5.41) is 14.7. The van der Waals surface area contributed by atoms with Crippen molar-refractivity contribution in [1.82, 2.24) is 9.97 Å². The minimum Gasteiger partial charge on any atom is -0.512 e. The van der Waals surface area contributed by atoms with E-state index in [4.69, 9.17) is 9.97 Å². The van der Waals surface area contributed by atoms with Gasteiger partial charge >= 0.3 is 0 Å². The second-order valence-corrected chi connectivity index (χ2v) is 12.3. The van der Waals surface area contributed by atoms with E-state index in [-0.39, 0.29) is 48.9 Å². The number of fused-ring (bicyclic) bond motifs is 6. The van der Waals surface area contributed by atoms with E-state index in [0.717, 1.165) is 42.6 Å². The average molecular weight is 776 g/mol. The molecule has 0 atom stereocenters. The van der Waals surface area contributed by atoms with Crippen molar-refractivity contribution in [2.45, 2.75) is 72.6 Å². The van der Waals surface area contributed by atoms with Crippen molar-refractivity contribution in [2.24, 2.45) is 11.8 Å². The molecular weight excluding hydrogens is 733 g/mol. The molecular formula is C40H43IrN2O2-. The monoisotopic (exact) mass is 776 g/mol. The first kappa shape index (κ1) is 34.2. The maximum Gasteiger partial charge on any atom is 0.162 e. The molecule has 0 bridgehead atoms. The number of aliphatic hydroxyl groups is 1. The molecule has 1 aromatic heterocycles. The fraction of sp³-hybridized carbons (Fsp3) is 0.325. The molecule has 0 amide bonds. The van der Waals surface area contributed by atoms with Gasteiger partial charge in [-0.25, -0.2) is 4.98 Å². The molecule has 235 valence electrons. The van der Waals surface area contributed by atoms with Crippen molar-refractivity contribution < 1.29 is 30.0 Å². The van der Waals surface area contributed by atoms with E-state index in [1.165, 1.54) is 44.3 Å². The number of carbonyl (C=O) groups excluding carboxylic acids is 1. The van der Waals surface area contributed by atoms with E-state index in [0.29, 0.717) is 0 Å². The number of hydrogen-bond acceptors (Lipinski definition) is 4. The molecule has 1 N–H and O–H groups in total. The van der Waals surface area contributed by atoms with Crippen molar-refractivity contribution in [3.8, 4) is 22.5 Å². The van der Waals surface area contributed by atoms with Gasteiger partial charge in [0.05, 0.1) is 11.5 Å². The largest absolute Gasteiger partial charge is 0.512 e. The van der Waals surface area contributed by atoms with Crippen molar-refractivity contribution >= 4 is 27.3 Å². The maximum atomic E-state index is 11.7. The summed E-state index contributed by atoms with van der Waals surface area (Å²) in [6.45, 7) is 12.7. The van der Waals surface area contributed by atoms with Gasteiger partial charge in [0, 0.05) is 49.0 Å². The third kappa shape index (κ3) is 6.66. The Bertz CT molecular complexity index is 1830. The fourth-order valence-corrected chi connectivity index (χ4v) is 6.70. The molecule has 1 aliphatic rings. The van der Waals surface area contributed by atoms with E-state index in [2.05, 4.69) is 92.7 Å². The van der Waals surface area contributed by atoms with Gasteiger partial charge in [-0.2, -0.15) is 0 Å². The van der Waals surface area contributed by atoms with Crippen LogP contribution in [-0.2, 0) is 30.3 Å². The van der Waals surface area contributed by atoms with Gasteiger partial charge in [0.1, 0.15) is 6.33 Å². The van der Waals surface area contributed by atoms with E-state index < -0.39 is 0 Å². The van der Waals surface area contributed by atoms with Crippen LogP contribution in [0.4, 0.5) is 0 Å². The molecule has 6 rings (SSSR count). The predicted octanol–water partition coefficient (Wildman–Crippen LogP) is 10.4. The number of carbonyl (C=O) groups is 1. The zero-order chi connectivity index (χ0) is 31.4. The van der Waals surface area contributed by atoms with Gasteiger partial charge in [0.2, 0.25) is 0 Å². The number of nitrogens with zero attached hydrogens (tertiary/aromatic N) is 2. The first-order valence-electron chi connectivity index (χ1n) is 16.0. The van der Waals surface area contributed by atoms with E-state index in [1.54, 1.807) is 6.33 Å². The SMILES string of the molecule is CC1(C)c2c(-c3[c-]cc4ccccc4c3)ncnc2-c2ccc3ccccc3c21.CCC(CC)C(=O)/C=C(\O)C(CC)CC.[Ir]. The summed E-state index contributed by atoms with van der Waals surface area (Å²) < 4.78 is 0. The number of benzene rings is 4. The summed E-state index contributed by atoms with van der Waals surface area (Å²) in [5.41, 5.74) is 6.60. The summed E-state index contributed by atoms with van der Waals surface area (Å²) in [5.74, 6) is 0.547. The van der Waals surface area contributed by atoms with Crippen LogP contribution in [0.25, 0.3) is 44.1 Å². The quantitative estimate of drug-likeness (QED) is 0.0969. The summed E-state index contributed by atoms with van der Waals surface area (Å²) >= 11 is 0. The molecule has 0 spiro atoms. The van der Waals surface area contributed by atoms with Crippen LogP contribution in [0.5, 0.6) is 0 Å². The van der Waals surface area contributed by atoms with Crippen LogP contribution < -0.4 is 0 Å². The van der Waals surface area contributed by atoms with Gasteiger partial charge in [0.15, 0.2) is 5.78 Å². The Kier molecular flexibility index (Phi) is 11.1. The van der Waals surface area contributed by atoms with E-state index >= 15 is 0 Å². The molecule has 4 nitrogen and oxygen atoms in total. The Morgan fingerprint density at radius 3 is 2.07 bits per heavy atom. The fourth-order valence-electron chi connectivity index (χ4n) is 6.70. The van der Waals surface area contributed by atoms with Crippen molar-refractivity contribution in [3.05, 3.63) is 108 Å². The molecule has 0 aliphatic heterocycles. The molecule has 5 aromatic rings. The molecule has 4 aromatic carbocycles. The van der Waals surface area contributed by atoms with Crippen LogP contribution in [-0.4, -0.2) is 20.9 Å². The standard InChI is InChI=1S/C27H19N2.C13H24O2.Ir/c1-27(2)23-21-10-6-5-8-18(21)13-14-22(23)26-24(27)25(28-16-29-26)20-12-11-17-7-3-4-9-19(17)15-20;1-5-10(6-2)12(14)9-13(15)11(7-3)8-4;/h3-11,13-16H,1-2H3;9-11,14H,5-8H2,1-4H3;/q-1;;/b;12-9-;. The topological polar surface area (TPSA) is 63.1 Å². The molecule has 1 aliphatic carbocycles. The molecule has 5 heteroatoms. The number of aliphatic hydroxyl groups excluding tert-OH is 1.